The van der Waals surface area contributed by atoms with Gasteiger partial charge in [0.15, 0.2) is 0 Å². The zero-order valence-corrected chi connectivity index (χ0v) is 13.9. The van der Waals surface area contributed by atoms with Crippen LogP contribution in [0.5, 0.6) is 0 Å². The van der Waals surface area contributed by atoms with Crippen molar-refractivity contribution >= 4 is 27.1 Å². The van der Waals surface area contributed by atoms with Crippen LogP contribution in [-0.4, -0.2) is 24.8 Å². The number of carbonyl (C=O) groups is 1. The van der Waals surface area contributed by atoms with Crippen molar-refractivity contribution in [1.29, 1.82) is 0 Å². The Labute approximate surface area is 145 Å². The van der Waals surface area contributed by atoms with Gasteiger partial charge in [-0.2, -0.15) is 13.2 Å². The van der Waals surface area contributed by atoms with Crippen LogP contribution in [0.4, 0.5) is 24.5 Å². The number of rotatable bonds is 4. The fourth-order valence-corrected chi connectivity index (χ4v) is 3.05. The highest BCUT2D eigenvalue weighted by Gasteiger charge is 2.48. The Morgan fingerprint density at radius 3 is 2.35 bits per heavy atom. The van der Waals surface area contributed by atoms with E-state index in [1.807, 2.05) is 0 Å². The van der Waals surface area contributed by atoms with Gasteiger partial charge in [0.25, 0.3) is 21.4 Å². The molecule has 0 saturated carbocycles. The van der Waals surface area contributed by atoms with Crippen LogP contribution in [0.1, 0.15) is 15.9 Å². The fraction of sp³-hybridized carbons (Fsp3) is 0.133. The number of nitrogens with one attached hydrogen (secondary N) is 1. The average molecular weight is 388 g/mol. The molecule has 1 N–H and O–H groups in total. The third kappa shape index (κ3) is 3.67. The van der Waals surface area contributed by atoms with Crippen molar-refractivity contribution < 1.29 is 31.3 Å². The normalized spacial score (nSPS) is 11.8. The SMILES string of the molecule is Cc1ccc(NC(=O)c2ccccc2S(=O)(=O)C(F)(F)F)cc1[N+](=O)[O-]. The molecular weight excluding hydrogens is 377 g/mol. The van der Waals surface area contributed by atoms with Crippen molar-refractivity contribution in [2.24, 2.45) is 0 Å². The Kier molecular flexibility index (Phi) is 5.03. The zero-order chi connectivity index (χ0) is 19.7. The van der Waals surface area contributed by atoms with E-state index in [-0.39, 0.29) is 11.4 Å². The molecule has 0 atom stereocenters. The van der Waals surface area contributed by atoms with Gasteiger partial charge in [-0.15, -0.1) is 0 Å². The van der Waals surface area contributed by atoms with E-state index in [1.54, 1.807) is 0 Å². The lowest BCUT2D eigenvalue weighted by atomic mass is 10.1. The molecule has 0 unspecified atom stereocenters. The van der Waals surface area contributed by atoms with E-state index in [9.17, 15) is 36.5 Å². The molecule has 0 heterocycles. The van der Waals surface area contributed by atoms with Crippen molar-refractivity contribution in [2.75, 3.05) is 5.32 Å². The first-order valence-electron chi connectivity index (χ1n) is 6.92. The van der Waals surface area contributed by atoms with Gasteiger partial charge in [-0.05, 0) is 25.1 Å². The lowest BCUT2D eigenvalue weighted by Crippen LogP contribution is -2.26. The summed E-state index contributed by atoms with van der Waals surface area (Å²) in [7, 11) is -5.74. The number of nitro benzene ring substituents is 1. The molecule has 0 fully saturated rings. The second kappa shape index (κ2) is 6.75. The summed E-state index contributed by atoms with van der Waals surface area (Å²) in [6, 6.07) is 7.49. The van der Waals surface area contributed by atoms with Gasteiger partial charge in [0.1, 0.15) is 0 Å². The monoisotopic (exact) mass is 388 g/mol. The lowest BCUT2D eigenvalue weighted by Gasteiger charge is -2.13. The van der Waals surface area contributed by atoms with Crippen LogP contribution < -0.4 is 5.32 Å². The second-order valence-corrected chi connectivity index (χ2v) is 7.07. The number of alkyl halides is 3. The molecule has 0 bridgehead atoms. The smallest absolute Gasteiger partial charge is 0.322 e. The van der Waals surface area contributed by atoms with Crippen molar-refractivity contribution in [3.63, 3.8) is 0 Å². The second-order valence-electron chi connectivity index (χ2n) is 5.16. The quantitative estimate of drug-likeness (QED) is 0.638. The van der Waals surface area contributed by atoms with Gasteiger partial charge < -0.3 is 5.32 Å². The Balaban J connectivity index is 2.44. The Bertz CT molecular complexity index is 987. The van der Waals surface area contributed by atoms with Crippen molar-refractivity contribution in [1.82, 2.24) is 0 Å². The van der Waals surface area contributed by atoms with Crippen molar-refractivity contribution in [3.8, 4) is 0 Å². The highest BCUT2D eigenvalue weighted by molar-refractivity contribution is 7.92. The highest BCUT2D eigenvalue weighted by Crippen LogP contribution is 2.32. The first-order chi connectivity index (χ1) is 11.9. The molecule has 0 aliphatic rings. The van der Waals surface area contributed by atoms with E-state index in [2.05, 4.69) is 5.32 Å². The molecule has 0 aliphatic carbocycles. The first-order valence-corrected chi connectivity index (χ1v) is 8.40. The number of carbonyl (C=O) groups excluding carboxylic acids is 1. The summed E-state index contributed by atoms with van der Waals surface area (Å²) < 4.78 is 61.6. The minimum absolute atomic E-state index is 0.0634. The number of nitro groups is 1. The van der Waals surface area contributed by atoms with Gasteiger partial charge in [-0.1, -0.05) is 18.2 Å². The largest absolute Gasteiger partial charge is 0.501 e. The van der Waals surface area contributed by atoms with Gasteiger partial charge in [0, 0.05) is 17.3 Å². The van der Waals surface area contributed by atoms with Crippen LogP contribution >= 0.6 is 0 Å². The molecule has 7 nitrogen and oxygen atoms in total. The van der Waals surface area contributed by atoms with Crippen molar-refractivity contribution in [2.45, 2.75) is 17.3 Å². The summed E-state index contributed by atoms with van der Waals surface area (Å²) in [4.78, 5) is 21.3. The number of aryl methyl sites for hydroxylation is 1. The first kappa shape index (κ1) is 19.4. The molecule has 0 saturated heterocycles. The molecule has 0 aromatic heterocycles. The maximum Gasteiger partial charge on any atom is 0.501 e. The molecule has 138 valence electrons. The van der Waals surface area contributed by atoms with Gasteiger partial charge in [0.05, 0.1) is 15.4 Å². The van der Waals surface area contributed by atoms with Gasteiger partial charge in [0.2, 0.25) is 0 Å². The van der Waals surface area contributed by atoms with Gasteiger partial charge in [-0.25, -0.2) is 8.42 Å². The number of anilines is 1. The molecule has 11 heteroatoms. The van der Waals surface area contributed by atoms with Crippen LogP contribution in [0.3, 0.4) is 0 Å². The summed E-state index contributed by atoms with van der Waals surface area (Å²) >= 11 is 0. The summed E-state index contributed by atoms with van der Waals surface area (Å²) in [5.41, 5.74) is -6.36. The number of hydrogen-bond acceptors (Lipinski definition) is 5. The summed E-state index contributed by atoms with van der Waals surface area (Å²) in [6.07, 6.45) is 0. The number of nitrogens with zero attached hydrogens (tertiary/aromatic N) is 1. The predicted octanol–water partition coefficient (Wildman–Crippen LogP) is 3.45. The Hall–Kier alpha value is -2.95. The maximum absolute atomic E-state index is 12.8. The molecule has 0 radical (unpaired) electrons. The summed E-state index contributed by atoms with van der Waals surface area (Å²) in [6.45, 7) is 1.47. The molecular formula is C15H11F3N2O5S. The molecule has 2 rings (SSSR count). The standard InChI is InChI=1S/C15H11F3N2O5S/c1-9-6-7-10(8-12(9)20(22)23)19-14(21)11-4-2-3-5-13(11)26(24,25)15(16,17)18/h2-8H,1H3,(H,19,21). The van der Waals surface area contributed by atoms with Gasteiger partial charge >= 0.3 is 5.51 Å². The fourth-order valence-electron chi connectivity index (χ4n) is 2.10. The summed E-state index contributed by atoms with van der Waals surface area (Å²) in [5.74, 6) is -1.15. The number of benzene rings is 2. The van der Waals surface area contributed by atoms with E-state index in [1.165, 1.54) is 25.1 Å². The number of amides is 1. The van der Waals surface area contributed by atoms with Crippen LogP contribution in [-0.2, 0) is 9.84 Å². The number of hydrogen-bond donors (Lipinski definition) is 1. The third-order valence-electron chi connectivity index (χ3n) is 3.39. The van der Waals surface area contributed by atoms with Crippen molar-refractivity contribution in [3.05, 3.63) is 63.7 Å². The molecule has 0 aliphatic heterocycles. The van der Waals surface area contributed by atoms with Crippen LogP contribution in [0.2, 0.25) is 0 Å². The predicted molar refractivity (Wildman–Crippen MR) is 85.5 cm³/mol. The number of sulfone groups is 1. The van der Waals surface area contributed by atoms with Crippen LogP contribution in [0.25, 0.3) is 0 Å². The topological polar surface area (TPSA) is 106 Å². The van der Waals surface area contributed by atoms with E-state index < -0.39 is 36.6 Å². The molecule has 1 amide bonds. The maximum atomic E-state index is 12.8. The molecule has 2 aromatic carbocycles. The van der Waals surface area contributed by atoms with E-state index in [0.717, 1.165) is 18.2 Å². The Morgan fingerprint density at radius 1 is 1.15 bits per heavy atom. The van der Waals surface area contributed by atoms with Gasteiger partial charge in [-0.3, -0.25) is 14.9 Å². The molecule has 2 aromatic rings. The average Bonchev–Trinajstić information content (AvgIpc) is 2.55. The third-order valence-corrected chi connectivity index (χ3v) is 4.93. The molecule has 26 heavy (non-hydrogen) atoms. The minimum atomic E-state index is -5.74. The van der Waals surface area contributed by atoms with Crippen LogP contribution in [0.15, 0.2) is 47.4 Å². The number of halogens is 3. The highest BCUT2D eigenvalue weighted by atomic mass is 32.2. The molecule has 0 spiro atoms. The van der Waals surface area contributed by atoms with E-state index >= 15 is 0 Å². The van der Waals surface area contributed by atoms with E-state index in [4.69, 9.17) is 0 Å². The zero-order valence-electron chi connectivity index (χ0n) is 13.1. The lowest BCUT2D eigenvalue weighted by molar-refractivity contribution is -0.385. The minimum Gasteiger partial charge on any atom is -0.322 e. The summed E-state index contributed by atoms with van der Waals surface area (Å²) in [5, 5.41) is 13.1. The van der Waals surface area contributed by atoms with Crippen LogP contribution in [0, 0.1) is 17.0 Å². The van der Waals surface area contributed by atoms with E-state index in [0.29, 0.717) is 11.6 Å². The Morgan fingerprint density at radius 2 is 1.77 bits per heavy atom.